The Morgan fingerprint density at radius 1 is 1.21 bits per heavy atom. The van der Waals surface area contributed by atoms with Gasteiger partial charge in [0.05, 0.1) is 17.2 Å². The monoisotopic (exact) mass is 408 g/mol. The summed E-state index contributed by atoms with van der Waals surface area (Å²) < 4.78 is 0. The molecule has 0 amide bonds. The molecule has 0 fully saturated rings. The molecular weight excluding hydrogens is 392 g/mol. The fourth-order valence-corrected chi connectivity index (χ4v) is 3.18. The number of nitrogens with two attached hydrogens (primary N) is 1. The van der Waals surface area contributed by atoms with Gasteiger partial charge in [0, 0.05) is 35.7 Å². The first kappa shape index (κ1) is 18.9. The third kappa shape index (κ3) is 4.03. The smallest absolute Gasteiger partial charge is 0.259 e. The van der Waals surface area contributed by atoms with Crippen LogP contribution < -0.4 is 16.6 Å². The number of aliphatic hydroxyl groups is 1. The van der Waals surface area contributed by atoms with Crippen molar-refractivity contribution in [3.8, 4) is 11.3 Å². The predicted molar refractivity (Wildman–Crippen MR) is 113 cm³/mol. The lowest BCUT2D eigenvalue weighted by Gasteiger charge is -2.15. The molecule has 4 rings (SSSR count). The molecule has 0 aliphatic heterocycles. The lowest BCUT2D eigenvalue weighted by Crippen LogP contribution is -2.16. The zero-order valence-electron chi connectivity index (χ0n) is 15.1. The van der Waals surface area contributed by atoms with Crippen LogP contribution in [-0.2, 0) is 0 Å². The topological polar surface area (TPSA) is 130 Å². The zero-order chi connectivity index (χ0) is 20.4. The summed E-state index contributed by atoms with van der Waals surface area (Å²) in [5.74, 6) is 0.506. The number of pyridine rings is 2. The zero-order valence-corrected chi connectivity index (χ0v) is 15.9. The van der Waals surface area contributed by atoms with Crippen molar-refractivity contribution in [3.05, 3.63) is 75.9 Å². The summed E-state index contributed by atoms with van der Waals surface area (Å²) in [6.07, 6.45) is 3.86. The van der Waals surface area contributed by atoms with E-state index >= 15 is 0 Å². The van der Waals surface area contributed by atoms with Gasteiger partial charge in [-0.25, -0.2) is 15.0 Å². The highest BCUT2D eigenvalue weighted by Crippen LogP contribution is 2.26. The molecule has 3 aromatic heterocycles. The molecule has 0 aliphatic rings. The van der Waals surface area contributed by atoms with Crippen LogP contribution in [0.4, 0.5) is 11.8 Å². The molecule has 29 heavy (non-hydrogen) atoms. The number of H-pyrrole nitrogens is 1. The molecule has 8 nitrogen and oxygen atoms in total. The minimum atomic E-state index is -0.836. The van der Waals surface area contributed by atoms with Gasteiger partial charge in [-0.2, -0.15) is 0 Å². The number of aromatic nitrogens is 4. The molecule has 0 unspecified atom stereocenters. The number of nitrogens with zero attached hydrogens (tertiary/aromatic N) is 3. The SMILES string of the molecule is Nc1ncc(-c2cc3cc[nH]c(=O)c3c(NC[C@H](O)c3cccc(Cl)c3)n2)cn1. The average molecular weight is 409 g/mol. The molecular formula is C20H17ClN6O2. The van der Waals surface area contributed by atoms with E-state index in [0.29, 0.717) is 38.4 Å². The summed E-state index contributed by atoms with van der Waals surface area (Å²) in [5, 5.41) is 15.2. The minimum absolute atomic E-state index is 0.137. The van der Waals surface area contributed by atoms with Crippen LogP contribution in [0.1, 0.15) is 11.7 Å². The van der Waals surface area contributed by atoms with Crippen LogP contribution in [0.2, 0.25) is 5.02 Å². The van der Waals surface area contributed by atoms with Crippen molar-refractivity contribution < 1.29 is 5.11 Å². The Morgan fingerprint density at radius 2 is 2.00 bits per heavy atom. The van der Waals surface area contributed by atoms with E-state index in [1.54, 1.807) is 55.0 Å². The molecule has 1 aromatic carbocycles. The molecule has 4 aromatic rings. The summed E-state index contributed by atoms with van der Waals surface area (Å²) >= 11 is 5.99. The minimum Gasteiger partial charge on any atom is -0.387 e. The van der Waals surface area contributed by atoms with Gasteiger partial charge in [0.15, 0.2) is 0 Å². The second kappa shape index (κ2) is 7.86. The van der Waals surface area contributed by atoms with E-state index in [9.17, 15) is 9.90 Å². The normalized spacial score (nSPS) is 12.1. The lowest BCUT2D eigenvalue weighted by molar-refractivity contribution is 0.191. The van der Waals surface area contributed by atoms with Crippen molar-refractivity contribution in [1.82, 2.24) is 19.9 Å². The Labute approximate surface area is 170 Å². The van der Waals surface area contributed by atoms with Crippen molar-refractivity contribution in [2.45, 2.75) is 6.10 Å². The number of rotatable bonds is 5. The van der Waals surface area contributed by atoms with Crippen LogP contribution in [0.5, 0.6) is 0 Å². The van der Waals surface area contributed by atoms with Gasteiger partial charge in [-0.3, -0.25) is 4.79 Å². The quantitative estimate of drug-likeness (QED) is 0.399. The maximum atomic E-state index is 12.4. The standard InChI is InChI=1S/C20H17ClN6O2/c21-14-3-1-2-11(6-14)16(28)10-24-18-17-12(4-5-23-19(17)29)7-15(27-18)13-8-25-20(22)26-9-13/h1-9,16,28H,10H2,(H,23,29)(H,24,27)(H2,22,25,26)/t16-/m0/s1. The van der Waals surface area contributed by atoms with Crippen LogP contribution >= 0.6 is 11.6 Å². The number of hydrogen-bond acceptors (Lipinski definition) is 7. The summed E-state index contributed by atoms with van der Waals surface area (Å²) in [4.78, 5) is 27.6. The van der Waals surface area contributed by atoms with E-state index in [1.807, 2.05) is 0 Å². The molecule has 0 bridgehead atoms. The largest absolute Gasteiger partial charge is 0.387 e. The van der Waals surface area contributed by atoms with Crippen LogP contribution in [-0.4, -0.2) is 31.6 Å². The predicted octanol–water partition coefficient (Wildman–Crippen LogP) is 2.76. The first-order chi connectivity index (χ1) is 14.0. The van der Waals surface area contributed by atoms with Crippen molar-refractivity contribution in [2.24, 2.45) is 0 Å². The molecule has 1 atom stereocenters. The Hall–Kier alpha value is -3.49. The third-order valence-electron chi connectivity index (χ3n) is 4.42. The van der Waals surface area contributed by atoms with Crippen molar-refractivity contribution in [1.29, 1.82) is 0 Å². The molecule has 5 N–H and O–H groups in total. The van der Waals surface area contributed by atoms with Crippen molar-refractivity contribution >= 4 is 34.1 Å². The van der Waals surface area contributed by atoms with Crippen LogP contribution in [0.25, 0.3) is 22.0 Å². The first-order valence-corrected chi connectivity index (χ1v) is 9.17. The fraction of sp³-hybridized carbons (Fsp3) is 0.100. The van der Waals surface area contributed by atoms with Gasteiger partial charge in [0.1, 0.15) is 5.82 Å². The lowest BCUT2D eigenvalue weighted by atomic mass is 10.1. The van der Waals surface area contributed by atoms with E-state index in [1.165, 1.54) is 0 Å². The van der Waals surface area contributed by atoms with Gasteiger partial charge in [-0.1, -0.05) is 23.7 Å². The van der Waals surface area contributed by atoms with Crippen LogP contribution in [0, 0.1) is 0 Å². The van der Waals surface area contributed by atoms with Crippen LogP contribution in [0.15, 0.2) is 59.8 Å². The van der Waals surface area contributed by atoms with Gasteiger partial charge in [0.25, 0.3) is 5.56 Å². The Kier molecular flexibility index (Phi) is 5.11. The highest BCUT2D eigenvalue weighted by molar-refractivity contribution is 6.30. The number of benzene rings is 1. The van der Waals surface area contributed by atoms with Gasteiger partial charge in [0.2, 0.25) is 5.95 Å². The first-order valence-electron chi connectivity index (χ1n) is 8.79. The maximum absolute atomic E-state index is 12.4. The highest BCUT2D eigenvalue weighted by Gasteiger charge is 2.14. The average Bonchev–Trinajstić information content (AvgIpc) is 2.72. The molecule has 0 radical (unpaired) electrons. The highest BCUT2D eigenvalue weighted by atomic mass is 35.5. The van der Waals surface area contributed by atoms with E-state index in [2.05, 4.69) is 25.3 Å². The van der Waals surface area contributed by atoms with E-state index in [4.69, 9.17) is 17.3 Å². The second-order valence-corrected chi connectivity index (χ2v) is 6.85. The summed E-state index contributed by atoms with van der Waals surface area (Å²) in [6, 6.07) is 10.5. The number of halogens is 1. The van der Waals surface area contributed by atoms with Crippen LogP contribution in [0.3, 0.4) is 0 Å². The molecule has 146 valence electrons. The van der Waals surface area contributed by atoms with Gasteiger partial charge in [-0.05, 0) is 35.2 Å². The number of aliphatic hydroxyl groups excluding tert-OH is 1. The molecule has 0 saturated carbocycles. The maximum Gasteiger partial charge on any atom is 0.259 e. The fourth-order valence-electron chi connectivity index (χ4n) is 2.99. The Bertz CT molecular complexity index is 1230. The number of anilines is 2. The van der Waals surface area contributed by atoms with E-state index < -0.39 is 6.10 Å². The van der Waals surface area contributed by atoms with E-state index in [-0.39, 0.29) is 18.1 Å². The van der Waals surface area contributed by atoms with Crippen molar-refractivity contribution in [3.63, 3.8) is 0 Å². The summed E-state index contributed by atoms with van der Waals surface area (Å²) in [7, 11) is 0. The molecule has 0 saturated heterocycles. The summed E-state index contributed by atoms with van der Waals surface area (Å²) in [5.41, 5.74) is 7.16. The molecule has 3 heterocycles. The Balaban J connectivity index is 1.71. The number of nitrogens with one attached hydrogen (secondary N) is 2. The van der Waals surface area contributed by atoms with Gasteiger partial charge in [-0.15, -0.1) is 0 Å². The summed E-state index contributed by atoms with van der Waals surface area (Å²) in [6.45, 7) is 0.137. The second-order valence-electron chi connectivity index (χ2n) is 6.41. The van der Waals surface area contributed by atoms with E-state index in [0.717, 1.165) is 0 Å². The van der Waals surface area contributed by atoms with Gasteiger partial charge >= 0.3 is 0 Å². The number of hydrogen-bond donors (Lipinski definition) is 4. The van der Waals surface area contributed by atoms with Gasteiger partial charge < -0.3 is 21.1 Å². The number of nitrogen functional groups attached to an aromatic ring is 1. The number of fused-ring (bicyclic) bond motifs is 1. The van der Waals surface area contributed by atoms with Crippen molar-refractivity contribution in [2.75, 3.05) is 17.6 Å². The molecule has 0 aliphatic carbocycles. The molecule has 0 spiro atoms. The Morgan fingerprint density at radius 3 is 2.76 bits per heavy atom. The number of aromatic amines is 1. The molecule has 9 heteroatoms. The third-order valence-corrected chi connectivity index (χ3v) is 4.65.